The molecule has 29 heavy (non-hydrogen) atoms. The monoisotopic (exact) mass is 409 g/mol. The zero-order valence-electron chi connectivity index (χ0n) is 16.1. The van der Waals surface area contributed by atoms with E-state index in [0.29, 0.717) is 37.4 Å². The zero-order chi connectivity index (χ0) is 21.2. The second-order valence-corrected chi connectivity index (χ2v) is 7.04. The first-order chi connectivity index (χ1) is 13.6. The Hall–Kier alpha value is -2.97. The van der Waals surface area contributed by atoms with Gasteiger partial charge >= 0.3 is 12.2 Å². The maximum absolute atomic E-state index is 12.6. The molecule has 1 saturated heterocycles. The van der Waals surface area contributed by atoms with Crippen LogP contribution in [-0.4, -0.2) is 34.7 Å². The van der Waals surface area contributed by atoms with Crippen LogP contribution in [0.4, 0.5) is 23.7 Å². The number of hydrogen-bond acceptors (Lipinski definition) is 3. The number of benzene rings is 1. The van der Waals surface area contributed by atoms with Gasteiger partial charge in [0.15, 0.2) is 0 Å². The fourth-order valence-electron chi connectivity index (χ4n) is 3.12. The standard InChI is InChI=1S/C20H22F3N3O3/c1-13-11-17(12-18(27)25(13)2)29-16-7-9-26(10-8-16)19(28)24-15-5-3-14(4-6-15)20(21,22)23/h3-6,11-12,16H,7-10H2,1-2H3,(H,24,28). The van der Waals surface area contributed by atoms with Crippen LogP contribution in [0, 0.1) is 6.92 Å². The van der Waals surface area contributed by atoms with Gasteiger partial charge in [-0.05, 0) is 37.3 Å². The van der Waals surface area contributed by atoms with Crippen LogP contribution in [0.2, 0.25) is 0 Å². The highest BCUT2D eigenvalue weighted by molar-refractivity contribution is 5.89. The molecule has 0 unspecified atom stereocenters. The van der Waals surface area contributed by atoms with E-state index in [1.54, 1.807) is 18.0 Å². The third-order valence-electron chi connectivity index (χ3n) is 4.97. The summed E-state index contributed by atoms with van der Waals surface area (Å²) in [7, 11) is 1.69. The van der Waals surface area contributed by atoms with Gasteiger partial charge in [-0.3, -0.25) is 4.79 Å². The van der Waals surface area contributed by atoms with Gasteiger partial charge in [0.25, 0.3) is 5.56 Å². The lowest BCUT2D eigenvalue weighted by Gasteiger charge is -2.32. The van der Waals surface area contributed by atoms with Crippen molar-refractivity contribution in [1.82, 2.24) is 9.47 Å². The normalized spacial score (nSPS) is 15.3. The fraction of sp³-hybridized carbons (Fsp3) is 0.400. The number of aromatic nitrogens is 1. The molecule has 9 heteroatoms. The fourth-order valence-corrected chi connectivity index (χ4v) is 3.12. The summed E-state index contributed by atoms with van der Waals surface area (Å²) in [5, 5.41) is 2.61. The second-order valence-electron chi connectivity index (χ2n) is 7.04. The molecule has 1 N–H and O–H groups in total. The molecule has 2 aromatic rings. The van der Waals surface area contributed by atoms with Crippen molar-refractivity contribution in [1.29, 1.82) is 0 Å². The first-order valence-corrected chi connectivity index (χ1v) is 9.21. The number of alkyl halides is 3. The predicted octanol–water partition coefficient (Wildman–Crippen LogP) is 3.79. The molecule has 1 fully saturated rings. The average Bonchev–Trinajstić information content (AvgIpc) is 2.66. The largest absolute Gasteiger partial charge is 0.490 e. The van der Waals surface area contributed by atoms with Crippen molar-refractivity contribution in [2.75, 3.05) is 18.4 Å². The van der Waals surface area contributed by atoms with Crippen LogP contribution < -0.4 is 15.6 Å². The Morgan fingerprint density at radius 2 is 1.76 bits per heavy atom. The number of urea groups is 1. The number of halogens is 3. The van der Waals surface area contributed by atoms with Gasteiger partial charge < -0.3 is 19.5 Å². The van der Waals surface area contributed by atoms with E-state index in [9.17, 15) is 22.8 Å². The van der Waals surface area contributed by atoms with Crippen LogP contribution in [0.1, 0.15) is 24.1 Å². The smallest absolute Gasteiger partial charge is 0.416 e. The number of amides is 2. The number of hydrogen-bond donors (Lipinski definition) is 1. The molecule has 6 nitrogen and oxygen atoms in total. The van der Waals surface area contributed by atoms with Gasteiger partial charge in [0.05, 0.1) is 5.56 Å². The van der Waals surface area contributed by atoms with Crippen molar-refractivity contribution in [3.63, 3.8) is 0 Å². The van der Waals surface area contributed by atoms with E-state index in [1.165, 1.54) is 22.8 Å². The Morgan fingerprint density at radius 3 is 2.31 bits per heavy atom. The Morgan fingerprint density at radius 1 is 1.14 bits per heavy atom. The van der Waals surface area contributed by atoms with Gasteiger partial charge in [0.1, 0.15) is 11.9 Å². The minimum atomic E-state index is -4.41. The first kappa shape index (κ1) is 20.8. The number of pyridine rings is 1. The molecule has 1 aliphatic heterocycles. The molecule has 1 aromatic heterocycles. The number of anilines is 1. The van der Waals surface area contributed by atoms with Crippen LogP contribution in [0.5, 0.6) is 5.75 Å². The molecule has 0 radical (unpaired) electrons. The van der Waals surface area contributed by atoms with E-state index in [0.717, 1.165) is 17.8 Å². The lowest BCUT2D eigenvalue weighted by Crippen LogP contribution is -2.43. The van der Waals surface area contributed by atoms with E-state index in [2.05, 4.69) is 5.32 Å². The van der Waals surface area contributed by atoms with E-state index >= 15 is 0 Å². The number of likely N-dealkylation sites (tertiary alicyclic amines) is 1. The molecule has 0 atom stereocenters. The number of rotatable bonds is 3. The number of aryl methyl sites for hydroxylation is 1. The van der Waals surface area contributed by atoms with Crippen LogP contribution in [-0.2, 0) is 13.2 Å². The van der Waals surface area contributed by atoms with E-state index in [-0.39, 0.29) is 17.7 Å². The van der Waals surface area contributed by atoms with Gasteiger partial charge in [0.2, 0.25) is 0 Å². The number of ether oxygens (including phenoxy) is 1. The highest BCUT2D eigenvalue weighted by Crippen LogP contribution is 2.30. The zero-order valence-corrected chi connectivity index (χ0v) is 16.1. The third kappa shape index (κ3) is 5.10. The van der Waals surface area contributed by atoms with Crippen molar-refractivity contribution in [2.24, 2.45) is 7.05 Å². The Kier molecular flexibility index (Phi) is 5.86. The second kappa shape index (κ2) is 8.18. The van der Waals surface area contributed by atoms with Crippen molar-refractivity contribution in [3.05, 3.63) is 58.0 Å². The molecule has 0 spiro atoms. The summed E-state index contributed by atoms with van der Waals surface area (Å²) >= 11 is 0. The number of nitrogens with zero attached hydrogens (tertiary/aromatic N) is 2. The van der Waals surface area contributed by atoms with E-state index in [1.807, 2.05) is 6.92 Å². The van der Waals surface area contributed by atoms with E-state index < -0.39 is 11.7 Å². The number of carbonyl (C=O) groups excluding carboxylic acids is 1. The lowest BCUT2D eigenvalue weighted by molar-refractivity contribution is -0.137. The molecule has 1 aromatic carbocycles. The lowest BCUT2D eigenvalue weighted by atomic mass is 10.1. The minimum Gasteiger partial charge on any atom is -0.490 e. The van der Waals surface area contributed by atoms with Crippen LogP contribution in [0.3, 0.4) is 0 Å². The molecule has 1 aliphatic rings. The van der Waals surface area contributed by atoms with Crippen molar-refractivity contribution >= 4 is 11.7 Å². The molecule has 0 aliphatic carbocycles. The van der Waals surface area contributed by atoms with Crippen molar-refractivity contribution in [2.45, 2.75) is 32.0 Å². The molecule has 3 rings (SSSR count). The van der Waals surface area contributed by atoms with Crippen molar-refractivity contribution in [3.8, 4) is 5.75 Å². The number of nitrogens with one attached hydrogen (secondary N) is 1. The van der Waals surface area contributed by atoms with E-state index in [4.69, 9.17) is 4.74 Å². The highest BCUT2D eigenvalue weighted by Gasteiger charge is 2.30. The van der Waals surface area contributed by atoms with Gasteiger partial charge in [-0.2, -0.15) is 13.2 Å². The topological polar surface area (TPSA) is 63.6 Å². The van der Waals surface area contributed by atoms with Crippen LogP contribution >= 0.6 is 0 Å². The van der Waals surface area contributed by atoms with Crippen molar-refractivity contribution < 1.29 is 22.7 Å². The van der Waals surface area contributed by atoms with Gasteiger partial charge in [-0.25, -0.2) is 4.79 Å². The van der Waals surface area contributed by atoms with Gasteiger partial charge in [0, 0.05) is 50.4 Å². The number of piperidine rings is 1. The Bertz CT molecular complexity index is 931. The Balaban J connectivity index is 1.52. The molecule has 156 valence electrons. The average molecular weight is 409 g/mol. The predicted molar refractivity (Wildman–Crippen MR) is 102 cm³/mol. The van der Waals surface area contributed by atoms with Gasteiger partial charge in [-0.1, -0.05) is 0 Å². The molecule has 0 saturated carbocycles. The maximum atomic E-state index is 12.6. The molecule has 0 bridgehead atoms. The summed E-state index contributed by atoms with van der Waals surface area (Å²) in [5.74, 6) is 0.512. The Labute approximate surface area is 165 Å². The molecule has 2 heterocycles. The quantitative estimate of drug-likeness (QED) is 0.839. The minimum absolute atomic E-state index is 0.114. The summed E-state index contributed by atoms with van der Waals surface area (Å²) in [6, 6.07) is 7.20. The summed E-state index contributed by atoms with van der Waals surface area (Å²) in [6.07, 6.45) is -3.34. The first-order valence-electron chi connectivity index (χ1n) is 9.21. The maximum Gasteiger partial charge on any atom is 0.416 e. The molecular weight excluding hydrogens is 387 g/mol. The summed E-state index contributed by atoms with van der Waals surface area (Å²) in [5.41, 5.74) is 0.186. The van der Waals surface area contributed by atoms with Gasteiger partial charge in [-0.15, -0.1) is 0 Å². The third-order valence-corrected chi connectivity index (χ3v) is 4.97. The van der Waals surface area contributed by atoms with Crippen LogP contribution in [0.25, 0.3) is 0 Å². The molecular formula is C20H22F3N3O3. The van der Waals surface area contributed by atoms with Crippen LogP contribution in [0.15, 0.2) is 41.2 Å². The SMILES string of the molecule is Cc1cc(OC2CCN(C(=O)Nc3ccc(C(F)(F)F)cc3)CC2)cc(=O)n1C. The molecule has 2 amide bonds. The summed E-state index contributed by atoms with van der Waals surface area (Å²) < 4.78 is 45.2. The number of carbonyl (C=O) groups is 1. The summed E-state index contributed by atoms with van der Waals surface area (Å²) in [4.78, 5) is 25.8. The highest BCUT2D eigenvalue weighted by atomic mass is 19.4. The summed E-state index contributed by atoms with van der Waals surface area (Å²) in [6.45, 7) is 2.71.